The van der Waals surface area contributed by atoms with E-state index in [1.807, 2.05) is 0 Å². The molecule has 0 heteroatoms. The third kappa shape index (κ3) is 94.2. The highest BCUT2D eigenvalue weighted by atomic mass is 14.2. The van der Waals surface area contributed by atoms with Crippen molar-refractivity contribution in [3.05, 3.63) is 0 Å². The Morgan fingerprint density at radius 1 is 0.152 bits per heavy atom. The predicted octanol–water partition coefficient (Wildman–Crippen LogP) is 34.9. The minimum atomic E-state index is 0.858. The third-order valence-corrected chi connectivity index (χ3v) is 22.3. The van der Waals surface area contributed by atoms with Crippen molar-refractivity contribution in [1.29, 1.82) is 0 Å². The Labute approximate surface area is 594 Å². The van der Waals surface area contributed by atoms with Gasteiger partial charge in [0.25, 0.3) is 0 Å². The molecule has 0 aliphatic carbocycles. The summed E-state index contributed by atoms with van der Waals surface area (Å²) in [6, 6.07) is 0. The highest BCUT2D eigenvalue weighted by molar-refractivity contribution is 4.65. The molecule has 566 valence electrons. The van der Waals surface area contributed by atoms with Gasteiger partial charge in [0.1, 0.15) is 0 Å². The Hall–Kier alpha value is 0. The summed E-state index contributed by atoms with van der Waals surface area (Å²) in [4.78, 5) is 0. The Morgan fingerprint density at radius 2 is 0.326 bits per heavy atom. The molecular formula is C92H198. The van der Waals surface area contributed by atoms with E-state index in [0.29, 0.717) is 0 Å². The highest BCUT2D eigenvalue weighted by Crippen LogP contribution is 2.26. The van der Waals surface area contributed by atoms with Crippen LogP contribution in [-0.2, 0) is 0 Å². The van der Waals surface area contributed by atoms with Gasteiger partial charge in [-0.3, -0.25) is 0 Å². The average molecular weight is 1300 g/mol. The summed E-state index contributed by atoms with van der Waals surface area (Å²) in [6.45, 7) is 77.1. The third-order valence-electron chi connectivity index (χ3n) is 22.3. The smallest absolute Gasteiger partial charge is 0.0417 e. The second kappa shape index (κ2) is 78.3. The van der Waals surface area contributed by atoms with Gasteiger partial charge in [0, 0.05) is 0 Å². The van der Waals surface area contributed by atoms with Gasteiger partial charge in [-0.25, -0.2) is 0 Å². The van der Waals surface area contributed by atoms with E-state index in [9.17, 15) is 0 Å². The van der Waals surface area contributed by atoms with Crippen LogP contribution in [0.15, 0.2) is 0 Å². The zero-order valence-electron chi connectivity index (χ0n) is 72.3. The molecule has 0 rings (SSSR count). The van der Waals surface area contributed by atoms with Crippen LogP contribution in [0.4, 0.5) is 0 Å². The summed E-state index contributed by atoms with van der Waals surface area (Å²) in [5.74, 6) is 17.5. The van der Waals surface area contributed by atoms with Crippen molar-refractivity contribution < 1.29 is 0 Å². The lowest BCUT2D eigenvalue weighted by molar-refractivity contribution is 0.351. The highest BCUT2D eigenvalue weighted by Gasteiger charge is 2.12. The second-order valence-corrected chi connectivity index (χ2v) is 35.3. The van der Waals surface area contributed by atoms with E-state index < -0.39 is 0 Å². The topological polar surface area (TPSA) is 0 Å². The largest absolute Gasteiger partial charge is 0.0654 e. The van der Waals surface area contributed by atoms with Gasteiger partial charge in [0.05, 0.1) is 0 Å². The lowest BCUT2D eigenvalue weighted by Gasteiger charge is -2.17. The minimum absolute atomic E-state index is 0.858. The Balaban J connectivity index is -0.000000185. The molecule has 0 aromatic heterocycles. The zero-order valence-corrected chi connectivity index (χ0v) is 72.3. The Kier molecular flexibility index (Phi) is 89.8. The van der Waals surface area contributed by atoms with Gasteiger partial charge in [-0.15, -0.1) is 0 Å². The maximum Gasteiger partial charge on any atom is -0.0417 e. The number of hydrogen-bond acceptors (Lipinski definition) is 0. The van der Waals surface area contributed by atoms with E-state index in [4.69, 9.17) is 0 Å². The van der Waals surface area contributed by atoms with E-state index in [1.54, 1.807) is 0 Å². The first-order valence-corrected chi connectivity index (χ1v) is 43.2. The number of hydrogen-bond donors (Lipinski definition) is 0. The maximum absolute atomic E-state index is 2.44. The fourth-order valence-electron chi connectivity index (χ4n) is 12.1. The lowest BCUT2D eigenvalue weighted by Crippen LogP contribution is -2.05. The molecule has 0 aromatic carbocycles. The first-order valence-electron chi connectivity index (χ1n) is 43.2. The predicted molar refractivity (Wildman–Crippen MR) is 438 cm³/mol. The van der Waals surface area contributed by atoms with Gasteiger partial charge in [-0.05, 0) is 112 Å². The van der Waals surface area contributed by atoms with Crippen molar-refractivity contribution in [3.63, 3.8) is 0 Å². The van der Waals surface area contributed by atoms with E-state index in [2.05, 4.69) is 228 Å². The van der Waals surface area contributed by atoms with Crippen LogP contribution in [0.1, 0.15) is 485 Å². The molecule has 0 aliphatic rings. The molecule has 0 N–H and O–H groups in total. The molecular weight excluding hydrogens is 1110 g/mol. The molecule has 0 aliphatic heterocycles. The van der Waals surface area contributed by atoms with Crippen LogP contribution in [0.5, 0.6) is 0 Å². The fourth-order valence-corrected chi connectivity index (χ4v) is 12.1. The molecule has 0 nitrogen and oxygen atoms in total. The first kappa shape index (κ1) is 105. The molecule has 10 unspecified atom stereocenters. The maximum atomic E-state index is 2.44. The van der Waals surface area contributed by atoms with Crippen molar-refractivity contribution in [2.24, 2.45) is 112 Å². The van der Waals surface area contributed by atoms with Crippen LogP contribution in [-0.4, -0.2) is 0 Å². The lowest BCUT2D eigenvalue weighted by atomic mass is 9.89. The van der Waals surface area contributed by atoms with Crippen LogP contribution in [0, 0.1) is 112 Å². The quantitative estimate of drug-likeness (QED) is 0.0569. The average Bonchev–Trinajstić information content (AvgIpc) is 3.64. The van der Waals surface area contributed by atoms with Crippen molar-refractivity contribution in [3.8, 4) is 0 Å². The molecule has 0 saturated carbocycles. The summed E-state index contributed by atoms with van der Waals surface area (Å²) in [5.41, 5.74) is 0. The van der Waals surface area contributed by atoms with Crippen LogP contribution in [0.25, 0.3) is 0 Å². The van der Waals surface area contributed by atoms with E-state index >= 15 is 0 Å². The first-order chi connectivity index (χ1) is 43.2. The molecule has 0 saturated heterocycles. The molecule has 0 spiro atoms. The molecule has 0 bridgehead atoms. The van der Waals surface area contributed by atoms with E-state index in [-0.39, 0.29) is 0 Å². The van der Waals surface area contributed by atoms with Gasteiger partial charge in [-0.1, -0.05) is 485 Å². The number of rotatable bonds is 52. The minimum Gasteiger partial charge on any atom is -0.0654 e. The van der Waals surface area contributed by atoms with Crippen molar-refractivity contribution in [1.82, 2.24) is 0 Å². The van der Waals surface area contributed by atoms with Gasteiger partial charge in [0.2, 0.25) is 0 Å². The van der Waals surface area contributed by atoms with Crippen molar-refractivity contribution >= 4 is 0 Å². The molecule has 92 heavy (non-hydrogen) atoms. The van der Waals surface area contributed by atoms with Crippen LogP contribution >= 0.6 is 0 Å². The van der Waals surface area contributed by atoms with Gasteiger partial charge < -0.3 is 0 Å². The van der Waals surface area contributed by atoms with Gasteiger partial charge in [0.15, 0.2) is 0 Å². The molecule has 0 fully saturated rings. The van der Waals surface area contributed by atoms with E-state index in [1.165, 1.54) is 257 Å². The summed E-state index contributed by atoms with van der Waals surface area (Å²) in [6.07, 6.45) is 56.7. The second-order valence-electron chi connectivity index (χ2n) is 35.3. The van der Waals surface area contributed by atoms with Gasteiger partial charge >= 0.3 is 0 Å². The fraction of sp³-hybridized carbons (Fsp3) is 1.00. The summed E-state index contributed by atoms with van der Waals surface area (Å²) in [7, 11) is 0. The molecule has 0 heterocycles. The normalized spacial score (nSPS) is 15.1. The Morgan fingerprint density at radius 3 is 0.533 bits per heavy atom. The van der Waals surface area contributed by atoms with Crippen molar-refractivity contribution in [2.75, 3.05) is 0 Å². The van der Waals surface area contributed by atoms with E-state index in [0.717, 1.165) is 112 Å². The SMILES string of the molecule is CC(C)CCCC(C)C(C)C.CC(C)CCCC(C)CCCC(C)C(C)C.CCC(C)CCCC(C)CC.CCC(C)CCCC(C)CCCC(C)CC.CCC(C)CCCC(CC)CCCC(C)C.CCC(CC)CCCC(C)C.CCCC(C)CCCC(C)C. The summed E-state index contributed by atoms with van der Waals surface area (Å²) in [5, 5.41) is 0. The molecule has 0 radical (unpaired) electrons. The van der Waals surface area contributed by atoms with Gasteiger partial charge in [-0.2, -0.15) is 0 Å². The Bertz CT molecular complexity index is 1220. The molecule has 0 aromatic rings. The van der Waals surface area contributed by atoms with Crippen LogP contribution in [0.3, 0.4) is 0 Å². The summed E-state index contributed by atoms with van der Waals surface area (Å²) < 4.78 is 0. The monoisotopic (exact) mass is 1300 g/mol. The molecule has 10 atom stereocenters. The van der Waals surface area contributed by atoms with Crippen LogP contribution in [0.2, 0.25) is 0 Å². The summed E-state index contributed by atoms with van der Waals surface area (Å²) >= 11 is 0. The zero-order chi connectivity index (χ0) is 72.3. The standard InChI is InChI=1S/3C16H34.4C11H24/c1-13(2)9-7-10-15(5)11-8-12-16(6)14(3)4;1-6-14(3)10-8-12-16(5)13-9-11-15(4)7-2;1-6-15(5)11-9-13-16(7-2)12-8-10-14(3)4;1-9(2)7-6-8-11(5)10(3)4;1-5-7-11(4)9-6-8-10(2)3;1-5-10(3)8-7-9-11(4)6-2;1-5-11(6-2)9-7-8-10(3)4/h13-16H,7-12H2,1-6H3;2*14-16H,6-13H2,1-5H3;9-11H,6-8H2,1-5H3;3*10-11H,5-9H2,1-4H3. The van der Waals surface area contributed by atoms with Crippen LogP contribution < -0.4 is 0 Å². The van der Waals surface area contributed by atoms with Crippen molar-refractivity contribution in [2.45, 2.75) is 485 Å². The molecule has 0 amide bonds.